The Labute approximate surface area is 112 Å². The van der Waals surface area contributed by atoms with Gasteiger partial charge < -0.3 is 9.88 Å². The van der Waals surface area contributed by atoms with Gasteiger partial charge in [0.1, 0.15) is 5.78 Å². The number of Topliss-reactive ketones (excluding diaryl/α,β-unsaturated/α-hetero) is 1. The molecule has 0 radical (unpaired) electrons. The highest BCUT2D eigenvalue weighted by molar-refractivity contribution is 5.90. The van der Waals surface area contributed by atoms with Gasteiger partial charge in [0.05, 0.1) is 0 Å². The molecule has 1 aromatic heterocycles. The highest BCUT2D eigenvalue weighted by Crippen LogP contribution is 2.46. The summed E-state index contributed by atoms with van der Waals surface area (Å²) in [4.78, 5) is 17.7. The van der Waals surface area contributed by atoms with Crippen LogP contribution in [0.25, 0.3) is 10.9 Å². The largest absolute Gasteiger partial charge is 0.361 e. The monoisotopic (exact) mass is 254 g/mol. The van der Waals surface area contributed by atoms with E-state index >= 15 is 0 Å². The lowest BCUT2D eigenvalue weighted by Crippen LogP contribution is -2.33. The number of nitrogens with zero attached hydrogens (tertiary/aromatic N) is 1. The SMILES string of the molecule is CC(=O)C1CN(C)C2Cc3c[nH]c4cccc(c34)C12. The lowest BCUT2D eigenvalue weighted by atomic mass is 9.75. The van der Waals surface area contributed by atoms with Crippen molar-refractivity contribution >= 4 is 16.7 Å². The molecule has 3 unspecified atom stereocenters. The second-order valence-electron chi connectivity index (χ2n) is 6.04. The van der Waals surface area contributed by atoms with E-state index in [1.165, 1.54) is 22.0 Å². The summed E-state index contributed by atoms with van der Waals surface area (Å²) in [6.45, 7) is 2.64. The predicted octanol–water partition coefficient (Wildman–Crippen LogP) is 2.33. The van der Waals surface area contributed by atoms with E-state index in [9.17, 15) is 4.79 Å². The molecule has 3 nitrogen and oxygen atoms in total. The first-order chi connectivity index (χ1) is 9.16. The molecule has 0 spiro atoms. The van der Waals surface area contributed by atoms with Crippen molar-refractivity contribution in [3.05, 3.63) is 35.5 Å². The lowest BCUT2D eigenvalue weighted by molar-refractivity contribution is -0.120. The average molecular weight is 254 g/mol. The van der Waals surface area contributed by atoms with Crippen molar-refractivity contribution < 1.29 is 4.79 Å². The number of likely N-dealkylation sites (tertiary alicyclic amines) is 1. The third-order valence-corrected chi connectivity index (χ3v) is 5.03. The molecular formula is C16H18N2O. The maximum atomic E-state index is 12.0. The standard InChI is InChI=1S/C16H18N2O/c1-9(19)12-8-18(2)14-6-10-7-17-13-5-3-4-11(15(10)13)16(12)14/h3-5,7,12,14,16-17H,6,8H2,1-2H3. The van der Waals surface area contributed by atoms with Crippen LogP contribution in [0.1, 0.15) is 24.0 Å². The van der Waals surface area contributed by atoms with Gasteiger partial charge in [0.2, 0.25) is 0 Å². The van der Waals surface area contributed by atoms with E-state index in [1.54, 1.807) is 6.92 Å². The second kappa shape index (κ2) is 3.70. The van der Waals surface area contributed by atoms with Gasteiger partial charge in [-0.25, -0.2) is 0 Å². The van der Waals surface area contributed by atoms with Gasteiger partial charge in [-0.15, -0.1) is 0 Å². The molecule has 1 aliphatic heterocycles. The summed E-state index contributed by atoms with van der Waals surface area (Å²) >= 11 is 0. The number of carbonyl (C=O) groups is 1. The van der Waals surface area contributed by atoms with Gasteiger partial charge in [-0.05, 0) is 37.6 Å². The average Bonchev–Trinajstić information content (AvgIpc) is 2.95. The van der Waals surface area contributed by atoms with Crippen molar-refractivity contribution in [1.82, 2.24) is 9.88 Å². The number of carbonyl (C=O) groups excluding carboxylic acids is 1. The maximum absolute atomic E-state index is 12.0. The number of benzene rings is 1. The minimum atomic E-state index is 0.156. The molecule has 98 valence electrons. The number of likely N-dealkylation sites (N-methyl/N-ethyl adjacent to an activating group) is 1. The van der Waals surface area contributed by atoms with Crippen LogP contribution in [0.4, 0.5) is 0 Å². The zero-order valence-corrected chi connectivity index (χ0v) is 11.3. The first kappa shape index (κ1) is 11.2. The normalized spacial score (nSPS) is 29.7. The zero-order valence-electron chi connectivity index (χ0n) is 11.3. The Morgan fingerprint density at radius 2 is 2.26 bits per heavy atom. The third-order valence-electron chi connectivity index (χ3n) is 5.03. The molecule has 2 aromatic rings. The van der Waals surface area contributed by atoms with Gasteiger partial charge in [-0.1, -0.05) is 12.1 Å². The molecule has 1 N–H and O–H groups in total. The molecule has 1 aromatic carbocycles. The van der Waals surface area contributed by atoms with E-state index in [-0.39, 0.29) is 5.92 Å². The van der Waals surface area contributed by atoms with Gasteiger partial charge >= 0.3 is 0 Å². The second-order valence-corrected chi connectivity index (χ2v) is 6.04. The Hall–Kier alpha value is -1.61. The van der Waals surface area contributed by atoms with E-state index < -0.39 is 0 Å². The Morgan fingerprint density at radius 1 is 1.42 bits per heavy atom. The molecule has 3 atom stereocenters. The maximum Gasteiger partial charge on any atom is 0.134 e. The van der Waals surface area contributed by atoms with Crippen molar-refractivity contribution in [2.45, 2.75) is 25.3 Å². The molecule has 2 heterocycles. The van der Waals surface area contributed by atoms with Gasteiger partial charge in [-0.2, -0.15) is 0 Å². The quantitative estimate of drug-likeness (QED) is 0.848. The summed E-state index contributed by atoms with van der Waals surface area (Å²) in [5.41, 5.74) is 3.99. The molecule has 2 aliphatic rings. The number of aromatic nitrogens is 1. The number of H-pyrrole nitrogens is 1. The molecule has 1 fully saturated rings. The molecule has 0 saturated carbocycles. The molecule has 0 bridgehead atoms. The number of hydrogen-bond donors (Lipinski definition) is 1. The number of nitrogens with one attached hydrogen (secondary N) is 1. The highest BCUT2D eigenvalue weighted by Gasteiger charge is 2.45. The summed E-state index contributed by atoms with van der Waals surface area (Å²) in [6.07, 6.45) is 3.20. The molecule has 4 rings (SSSR count). The van der Waals surface area contributed by atoms with Crippen LogP contribution in [-0.2, 0) is 11.2 Å². The van der Waals surface area contributed by atoms with E-state index in [0.29, 0.717) is 17.7 Å². The lowest BCUT2D eigenvalue weighted by Gasteiger charge is -2.31. The first-order valence-electron chi connectivity index (χ1n) is 6.96. The summed E-state index contributed by atoms with van der Waals surface area (Å²) < 4.78 is 0. The molecule has 1 aliphatic carbocycles. The molecule has 3 heteroatoms. The minimum absolute atomic E-state index is 0.156. The first-order valence-corrected chi connectivity index (χ1v) is 6.96. The van der Waals surface area contributed by atoms with Crippen LogP contribution in [0, 0.1) is 5.92 Å². The summed E-state index contributed by atoms with van der Waals surface area (Å²) in [7, 11) is 2.15. The number of rotatable bonds is 1. The van der Waals surface area contributed by atoms with Gasteiger partial charge in [0.25, 0.3) is 0 Å². The summed E-state index contributed by atoms with van der Waals surface area (Å²) in [5.74, 6) is 0.855. The zero-order chi connectivity index (χ0) is 13.1. The van der Waals surface area contributed by atoms with Crippen LogP contribution >= 0.6 is 0 Å². The van der Waals surface area contributed by atoms with Crippen LogP contribution in [0.15, 0.2) is 24.4 Å². The fourth-order valence-corrected chi connectivity index (χ4v) is 4.14. The van der Waals surface area contributed by atoms with Crippen molar-refractivity contribution in [2.75, 3.05) is 13.6 Å². The van der Waals surface area contributed by atoms with Crippen molar-refractivity contribution in [3.63, 3.8) is 0 Å². The Kier molecular flexibility index (Phi) is 2.19. The Morgan fingerprint density at radius 3 is 3.05 bits per heavy atom. The van der Waals surface area contributed by atoms with Crippen molar-refractivity contribution in [2.24, 2.45) is 5.92 Å². The summed E-state index contributed by atoms with van der Waals surface area (Å²) in [6, 6.07) is 6.92. The van der Waals surface area contributed by atoms with E-state index in [2.05, 4.69) is 41.3 Å². The van der Waals surface area contributed by atoms with E-state index in [4.69, 9.17) is 0 Å². The highest BCUT2D eigenvalue weighted by atomic mass is 16.1. The smallest absolute Gasteiger partial charge is 0.134 e. The van der Waals surface area contributed by atoms with Crippen LogP contribution in [0.2, 0.25) is 0 Å². The number of fused-ring (bicyclic) bond motifs is 2. The molecular weight excluding hydrogens is 236 g/mol. The summed E-state index contributed by atoms with van der Waals surface area (Å²) in [5, 5.41) is 1.37. The number of aromatic amines is 1. The topological polar surface area (TPSA) is 36.1 Å². The van der Waals surface area contributed by atoms with E-state index in [0.717, 1.165) is 13.0 Å². The fourth-order valence-electron chi connectivity index (χ4n) is 4.14. The van der Waals surface area contributed by atoms with Crippen LogP contribution in [0.5, 0.6) is 0 Å². The van der Waals surface area contributed by atoms with Crippen LogP contribution < -0.4 is 0 Å². The predicted molar refractivity (Wildman–Crippen MR) is 75.3 cm³/mol. The fraction of sp³-hybridized carbons (Fsp3) is 0.438. The molecule has 19 heavy (non-hydrogen) atoms. The Bertz CT molecular complexity index is 672. The van der Waals surface area contributed by atoms with Crippen molar-refractivity contribution in [3.8, 4) is 0 Å². The van der Waals surface area contributed by atoms with Gasteiger partial charge in [-0.3, -0.25) is 4.79 Å². The van der Waals surface area contributed by atoms with Gasteiger partial charge in [0, 0.05) is 41.5 Å². The van der Waals surface area contributed by atoms with Crippen LogP contribution in [0.3, 0.4) is 0 Å². The van der Waals surface area contributed by atoms with Crippen LogP contribution in [-0.4, -0.2) is 35.3 Å². The minimum Gasteiger partial charge on any atom is -0.361 e. The van der Waals surface area contributed by atoms with Crippen molar-refractivity contribution in [1.29, 1.82) is 0 Å². The molecule has 1 saturated heterocycles. The Balaban J connectivity index is 1.96. The number of hydrogen-bond acceptors (Lipinski definition) is 2. The molecule has 0 amide bonds. The van der Waals surface area contributed by atoms with E-state index in [1.807, 2.05) is 0 Å². The number of ketones is 1. The third kappa shape index (κ3) is 1.39. The van der Waals surface area contributed by atoms with Gasteiger partial charge in [0.15, 0.2) is 0 Å².